The molecule has 21 heavy (non-hydrogen) atoms. The number of rotatable bonds is 6. The molecule has 0 saturated heterocycles. The van der Waals surface area contributed by atoms with Crippen LogP contribution in [0, 0.1) is 0 Å². The van der Waals surface area contributed by atoms with E-state index in [-0.39, 0.29) is 11.4 Å². The maximum Gasteiger partial charge on any atom is 0.265 e. The van der Waals surface area contributed by atoms with Crippen LogP contribution in [0.25, 0.3) is 0 Å². The highest BCUT2D eigenvalue weighted by atomic mass is 16.5. The molecule has 2 N–H and O–H groups in total. The highest BCUT2D eigenvalue weighted by Gasteiger charge is 2.30. The number of ether oxygens (including phenoxy) is 1. The molecule has 0 aliphatic heterocycles. The van der Waals surface area contributed by atoms with E-state index in [1.165, 1.54) is 19.3 Å². The van der Waals surface area contributed by atoms with Crippen molar-refractivity contribution in [2.45, 2.75) is 44.1 Å². The Morgan fingerprint density at radius 2 is 1.95 bits per heavy atom. The van der Waals surface area contributed by atoms with Gasteiger partial charge in [0, 0.05) is 11.1 Å². The van der Waals surface area contributed by atoms with Crippen LogP contribution < -0.4 is 15.6 Å². The monoisotopic (exact) mass is 288 g/mol. The minimum Gasteiger partial charge on any atom is -0.497 e. The molecule has 1 fully saturated rings. The Hall–Kier alpha value is -1.81. The van der Waals surface area contributed by atoms with E-state index in [1.807, 2.05) is 6.08 Å². The van der Waals surface area contributed by atoms with Gasteiger partial charge in [-0.1, -0.05) is 25.3 Å². The molecule has 0 bridgehead atoms. The van der Waals surface area contributed by atoms with Gasteiger partial charge >= 0.3 is 0 Å². The SMILES string of the molecule is C=CCC1(NNC(=O)c2ccc(OC)cc2)CCCCC1. The molecule has 114 valence electrons. The van der Waals surface area contributed by atoms with Crippen molar-refractivity contribution < 1.29 is 9.53 Å². The van der Waals surface area contributed by atoms with E-state index >= 15 is 0 Å². The summed E-state index contributed by atoms with van der Waals surface area (Å²) in [7, 11) is 1.61. The fourth-order valence-electron chi connectivity index (χ4n) is 2.89. The smallest absolute Gasteiger partial charge is 0.265 e. The van der Waals surface area contributed by atoms with Crippen LogP contribution in [0.15, 0.2) is 36.9 Å². The maximum absolute atomic E-state index is 12.2. The molecule has 4 nitrogen and oxygen atoms in total. The van der Waals surface area contributed by atoms with Gasteiger partial charge in [-0.2, -0.15) is 0 Å². The minimum absolute atomic E-state index is 0.0396. The molecule has 0 radical (unpaired) electrons. The van der Waals surface area contributed by atoms with Crippen molar-refractivity contribution in [2.24, 2.45) is 0 Å². The van der Waals surface area contributed by atoms with Crippen molar-refractivity contribution in [3.8, 4) is 5.75 Å². The first-order chi connectivity index (χ1) is 10.2. The molecule has 2 rings (SSSR count). The Morgan fingerprint density at radius 1 is 1.29 bits per heavy atom. The fourth-order valence-corrected chi connectivity index (χ4v) is 2.89. The molecule has 0 unspecified atom stereocenters. The summed E-state index contributed by atoms with van der Waals surface area (Å²) in [6.07, 6.45) is 8.60. The summed E-state index contributed by atoms with van der Waals surface area (Å²) < 4.78 is 5.09. The lowest BCUT2D eigenvalue weighted by Crippen LogP contribution is -2.55. The van der Waals surface area contributed by atoms with Crippen molar-refractivity contribution in [1.29, 1.82) is 0 Å². The summed E-state index contributed by atoms with van der Waals surface area (Å²) in [5.74, 6) is 0.626. The Bertz CT molecular complexity index is 476. The van der Waals surface area contributed by atoms with Crippen LogP contribution in [0.2, 0.25) is 0 Å². The van der Waals surface area contributed by atoms with E-state index in [2.05, 4.69) is 17.4 Å². The molecule has 1 amide bonds. The van der Waals surface area contributed by atoms with Gasteiger partial charge in [0.15, 0.2) is 0 Å². The van der Waals surface area contributed by atoms with Crippen LogP contribution >= 0.6 is 0 Å². The summed E-state index contributed by atoms with van der Waals surface area (Å²) in [5, 5.41) is 0. The van der Waals surface area contributed by atoms with E-state index in [0.717, 1.165) is 25.0 Å². The molecule has 1 aromatic carbocycles. The molecule has 1 aliphatic rings. The maximum atomic E-state index is 12.2. The Balaban J connectivity index is 1.95. The third kappa shape index (κ3) is 4.08. The summed E-state index contributed by atoms with van der Waals surface area (Å²) in [6, 6.07) is 7.10. The van der Waals surface area contributed by atoms with Gasteiger partial charge in [-0.25, -0.2) is 5.43 Å². The van der Waals surface area contributed by atoms with E-state index in [4.69, 9.17) is 4.74 Å². The molecule has 0 aromatic heterocycles. The summed E-state index contributed by atoms with van der Waals surface area (Å²) in [5.41, 5.74) is 6.69. The van der Waals surface area contributed by atoms with Gasteiger partial charge in [0.2, 0.25) is 0 Å². The number of hydrogen-bond donors (Lipinski definition) is 2. The Labute approximate surface area is 126 Å². The van der Waals surface area contributed by atoms with E-state index in [9.17, 15) is 4.79 Å². The summed E-state index contributed by atoms with van der Waals surface area (Å²) >= 11 is 0. The number of carbonyl (C=O) groups is 1. The van der Waals surface area contributed by atoms with Gasteiger partial charge in [0.1, 0.15) is 5.75 Å². The van der Waals surface area contributed by atoms with Crippen LogP contribution in [-0.2, 0) is 0 Å². The van der Waals surface area contributed by atoms with Crippen LogP contribution in [-0.4, -0.2) is 18.6 Å². The lowest BCUT2D eigenvalue weighted by atomic mass is 9.80. The van der Waals surface area contributed by atoms with Crippen molar-refractivity contribution in [3.05, 3.63) is 42.5 Å². The molecular weight excluding hydrogens is 264 g/mol. The number of nitrogens with one attached hydrogen (secondary N) is 2. The van der Waals surface area contributed by atoms with Gasteiger partial charge in [0.25, 0.3) is 5.91 Å². The fraction of sp³-hybridized carbons (Fsp3) is 0.471. The summed E-state index contributed by atoms with van der Waals surface area (Å²) in [4.78, 5) is 12.2. The Morgan fingerprint density at radius 3 is 2.52 bits per heavy atom. The highest BCUT2D eigenvalue weighted by Crippen LogP contribution is 2.30. The van der Waals surface area contributed by atoms with Crippen molar-refractivity contribution in [1.82, 2.24) is 10.9 Å². The first-order valence-corrected chi connectivity index (χ1v) is 7.52. The predicted molar refractivity (Wildman–Crippen MR) is 84.2 cm³/mol. The number of hydrazine groups is 1. The number of benzene rings is 1. The highest BCUT2D eigenvalue weighted by molar-refractivity contribution is 5.93. The van der Waals surface area contributed by atoms with E-state index in [1.54, 1.807) is 31.4 Å². The van der Waals surface area contributed by atoms with Gasteiger partial charge in [-0.05, 0) is 43.5 Å². The lowest BCUT2D eigenvalue weighted by molar-refractivity contribution is 0.0884. The topological polar surface area (TPSA) is 50.4 Å². The molecule has 1 aromatic rings. The normalized spacial score (nSPS) is 17.0. The average molecular weight is 288 g/mol. The molecular formula is C17H24N2O2. The number of methoxy groups -OCH3 is 1. The second-order valence-corrected chi connectivity index (χ2v) is 5.64. The van der Waals surface area contributed by atoms with Gasteiger partial charge < -0.3 is 4.74 Å². The third-order valence-corrected chi connectivity index (χ3v) is 4.14. The zero-order valence-electron chi connectivity index (χ0n) is 12.7. The number of carbonyl (C=O) groups excluding carboxylic acids is 1. The predicted octanol–water partition coefficient (Wildman–Crippen LogP) is 3.21. The van der Waals surface area contributed by atoms with Crippen LogP contribution in [0.1, 0.15) is 48.9 Å². The second-order valence-electron chi connectivity index (χ2n) is 5.64. The van der Waals surface area contributed by atoms with E-state index < -0.39 is 0 Å². The zero-order chi connectivity index (χ0) is 15.1. The van der Waals surface area contributed by atoms with Gasteiger partial charge in [-0.15, -0.1) is 6.58 Å². The molecule has 4 heteroatoms. The van der Waals surface area contributed by atoms with Gasteiger partial charge in [-0.3, -0.25) is 10.2 Å². The molecule has 1 aliphatic carbocycles. The standard InChI is InChI=1S/C17H24N2O2/c1-3-11-17(12-5-4-6-13-17)19-18-16(20)14-7-9-15(21-2)10-8-14/h3,7-10,19H,1,4-6,11-13H2,2H3,(H,18,20). The quantitative estimate of drug-likeness (QED) is 0.624. The minimum atomic E-state index is -0.119. The zero-order valence-corrected chi connectivity index (χ0v) is 12.7. The molecule has 0 atom stereocenters. The van der Waals surface area contributed by atoms with Crippen molar-refractivity contribution >= 4 is 5.91 Å². The van der Waals surface area contributed by atoms with Crippen molar-refractivity contribution in [3.63, 3.8) is 0 Å². The number of amides is 1. The van der Waals surface area contributed by atoms with Crippen LogP contribution in [0.5, 0.6) is 5.75 Å². The molecule has 0 heterocycles. The number of hydrogen-bond acceptors (Lipinski definition) is 3. The molecule has 0 spiro atoms. The van der Waals surface area contributed by atoms with Crippen LogP contribution in [0.4, 0.5) is 0 Å². The largest absolute Gasteiger partial charge is 0.497 e. The Kier molecular flexibility index (Phi) is 5.39. The lowest BCUT2D eigenvalue weighted by Gasteiger charge is -2.37. The van der Waals surface area contributed by atoms with E-state index in [0.29, 0.717) is 5.56 Å². The van der Waals surface area contributed by atoms with Crippen LogP contribution in [0.3, 0.4) is 0 Å². The third-order valence-electron chi connectivity index (χ3n) is 4.14. The first kappa shape index (κ1) is 15.6. The van der Waals surface area contributed by atoms with Gasteiger partial charge in [0.05, 0.1) is 7.11 Å². The summed E-state index contributed by atoms with van der Waals surface area (Å²) in [6.45, 7) is 3.84. The second kappa shape index (κ2) is 7.27. The average Bonchev–Trinajstić information content (AvgIpc) is 2.54. The van der Waals surface area contributed by atoms with Crippen molar-refractivity contribution in [2.75, 3.05) is 7.11 Å². The molecule has 1 saturated carbocycles. The first-order valence-electron chi connectivity index (χ1n) is 7.52.